The summed E-state index contributed by atoms with van der Waals surface area (Å²) in [6.07, 6.45) is 1.76. The molecular weight excluding hydrogens is 192 g/mol. The third-order valence-electron chi connectivity index (χ3n) is 1.68. The molecule has 15 heavy (non-hydrogen) atoms. The van der Waals surface area contributed by atoms with Gasteiger partial charge < -0.3 is 15.7 Å². The molecule has 0 saturated heterocycles. The lowest BCUT2D eigenvalue weighted by molar-refractivity contribution is 0.311. The number of anilines is 2. The minimum absolute atomic E-state index is 0.0818. The first-order valence-corrected chi connectivity index (χ1v) is 4.81. The molecule has 0 aliphatic heterocycles. The maximum absolute atomic E-state index is 8.67. The zero-order chi connectivity index (χ0) is 11.1. The summed E-state index contributed by atoms with van der Waals surface area (Å²) in [7, 11) is 0. The van der Waals surface area contributed by atoms with Crippen LogP contribution in [0.4, 0.5) is 11.6 Å². The van der Waals surface area contributed by atoms with Gasteiger partial charge in [0, 0.05) is 19.2 Å². The van der Waals surface area contributed by atoms with E-state index in [0.717, 1.165) is 5.82 Å². The summed E-state index contributed by atoms with van der Waals surface area (Å²) in [6.45, 7) is 6.67. The van der Waals surface area contributed by atoms with Crippen LogP contribution in [-0.2, 0) is 0 Å². The van der Waals surface area contributed by atoms with Gasteiger partial charge in [0.15, 0.2) is 0 Å². The molecular formula is C10H16N4O. The minimum atomic E-state index is 0.0818. The first kappa shape index (κ1) is 11.5. The van der Waals surface area contributed by atoms with Crippen molar-refractivity contribution in [2.75, 3.05) is 30.3 Å². The molecule has 0 radical (unpaired) electrons. The first-order chi connectivity index (χ1) is 7.26. The normalized spacial score (nSPS) is 9.73. The summed E-state index contributed by atoms with van der Waals surface area (Å²) in [5.41, 5.74) is 0. The van der Waals surface area contributed by atoms with Crippen LogP contribution < -0.4 is 10.6 Å². The average molecular weight is 208 g/mol. The zero-order valence-electron chi connectivity index (χ0n) is 8.82. The molecule has 0 aromatic carbocycles. The molecule has 0 amide bonds. The smallest absolute Gasteiger partial charge is 0.132 e. The van der Waals surface area contributed by atoms with Crippen LogP contribution in [0.5, 0.6) is 0 Å². The molecule has 3 N–H and O–H groups in total. The summed E-state index contributed by atoms with van der Waals surface area (Å²) < 4.78 is 0. The number of aliphatic hydroxyl groups excluding tert-OH is 1. The van der Waals surface area contributed by atoms with E-state index < -0.39 is 0 Å². The Balaban J connectivity index is 2.70. The van der Waals surface area contributed by atoms with Gasteiger partial charge in [-0.15, -0.1) is 6.58 Å². The predicted octanol–water partition coefficient (Wildman–Crippen LogP) is 0.787. The van der Waals surface area contributed by atoms with Gasteiger partial charge >= 0.3 is 0 Å². The van der Waals surface area contributed by atoms with Crippen molar-refractivity contribution in [1.82, 2.24) is 9.97 Å². The van der Waals surface area contributed by atoms with Gasteiger partial charge in [0.05, 0.1) is 6.61 Å². The van der Waals surface area contributed by atoms with E-state index in [4.69, 9.17) is 5.11 Å². The van der Waals surface area contributed by atoms with E-state index >= 15 is 0 Å². The molecule has 1 rings (SSSR count). The molecule has 1 heterocycles. The van der Waals surface area contributed by atoms with E-state index in [0.29, 0.717) is 24.7 Å². The van der Waals surface area contributed by atoms with E-state index in [1.807, 2.05) is 6.92 Å². The lowest BCUT2D eigenvalue weighted by atomic mass is 10.4. The molecule has 0 atom stereocenters. The number of nitrogens with one attached hydrogen (secondary N) is 2. The quantitative estimate of drug-likeness (QED) is 0.603. The van der Waals surface area contributed by atoms with Crippen LogP contribution in [0, 0.1) is 6.92 Å². The highest BCUT2D eigenvalue weighted by Gasteiger charge is 1.99. The van der Waals surface area contributed by atoms with Gasteiger partial charge in [-0.3, -0.25) is 0 Å². The van der Waals surface area contributed by atoms with Gasteiger partial charge in [-0.2, -0.15) is 0 Å². The molecule has 5 nitrogen and oxygen atoms in total. The van der Waals surface area contributed by atoms with Crippen LogP contribution in [-0.4, -0.2) is 34.8 Å². The van der Waals surface area contributed by atoms with E-state index in [2.05, 4.69) is 27.2 Å². The van der Waals surface area contributed by atoms with Crippen molar-refractivity contribution in [2.24, 2.45) is 0 Å². The number of hydrogen-bond donors (Lipinski definition) is 3. The second kappa shape index (κ2) is 5.98. The maximum atomic E-state index is 8.67. The second-order valence-electron chi connectivity index (χ2n) is 3.01. The van der Waals surface area contributed by atoms with Gasteiger partial charge in [0.1, 0.15) is 17.5 Å². The van der Waals surface area contributed by atoms with Crippen LogP contribution >= 0.6 is 0 Å². The number of aromatic nitrogens is 2. The fourth-order valence-electron chi connectivity index (χ4n) is 1.11. The highest BCUT2D eigenvalue weighted by Crippen LogP contribution is 2.10. The molecule has 0 fully saturated rings. The lowest BCUT2D eigenvalue weighted by Gasteiger charge is -2.07. The Morgan fingerprint density at radius 1 is 1.40 bits per heavy atom. The Kier molecular flexibility index (Phi) is 4.56. The van der Waals surface area contributed by atoms with E-state index in [1.165, 1.54) is 0 Å². The third kappa shape index (κ3) is 3.95. The van der Waals surface area contributed by atoms with Crippen molar-refractivity contribution in [2.45, 2.75) is 6.92 Å². The van der Waals surface area contributed by atoms with Crippen LogP contribution in [0.2, 0.25) is 0 Å². The monoisotopic (exact) mass is 208 g/mol. The zero-order valence-corrected chi connectivity index (χ0v) is 8.82. The molecule has 0 unspecified atom stereocenters. The SMILES string of the molecule is C=CCNc1cc(NCCO)nc(C)n1. The number of hydrogen-bond acceptors (Lipinski definition) is 5. The van der Waals surface area contributed by atoms with Crippen LogP contribution in [0.25, 0.3) is 0 Å². The molecule has 0 bridgehead atoms. The molecule has 82 valence electrons. The second-order valence-corrected chi connectivity index (χ2v) is 3.01. The van der Waals surface area contributed by atoms with E-state index in [1.54, 1.807) is 12.1 Å². The molecule has 0 saturated carbocycles. The number of aliphatic hydroxyl groups is 1. The maximum Gasteiger partial charge on any atom is 0.132 e. The minimum Gasteiger partial charge on any atom is -0.395 e. The first-order valence-electron chi connectivity index (χ1n) is 4.81. The fraction of sp³-hybridized carbons (Fsp3) is 0.400. The number of rotatable bonds is 6. The summed E-state index contributed by atoms with van der Waals surface area (Å²) in [4.78, 5) is 8.39. The summed E-state index contributed by atoms with van der Waals surface area (Å²) >= 11 is 0. The van der Waals surface area contributed by atoms with Crippen molar-refractivity contribution in [3.63, 3.8) is 0 Å². The topological polar surface area (TPSA) is 70.1 Å². The molecule has 0 aliphatic carbocycles. The van der Waals surface area contributed by atoms with E-state index in [-0.39, 0.29) is 6.61 Å². The molecule has 1 aromatic rings. The van der Waals surface area contributed by atoms with Crippen molar-refractivity contribution >= 4 is 11.6 Å². The number of nitrogens with zero attached hydrogens (tertiary/aromatic N) is 2. The average Bonchev–Trinajstić information content (AvgIpc) is 2.23. The van der Waals surface area contributed by atoms with Crippen LogP contribution in [0.3, 0.4) is 0 Å². The van der Waals surface area contributed by atoms with Gasteiger partial charge in [-0.1, -0.05) is 6.08 Å². The molecule has 1 aromatic heterocycles. The van der Waals surface area contributed by atoms with Crippen molar-refractivity contribution < 1.29 is 5.11 Å². The highest BCUT2D eigenvalue weighted by atomic mass is 16.3. The van der Waals surface area contributed by atoms with Gasteiger partial charge in [-0.05, 0) is 6.92 Å². The van der Waals surface area contributed by atoms with Crippen LogP contribution in [0.1, 0.15) is 5.82 Å². The van der Waals surface area contributed by atoms with Gasteiger partial charge in [0.2, 0.25) is 0 Å². The summed E-state index contributed by atoms with van der Waals surface area (Å²) in [6, 6.07) is 1.80. The van der Waals surface area contributed by atoms with E-state index in [9.17, 15) is 0 Å². The van der Waals surface area contributed by atoms with Crippen molar-refractivity contribution in [1.29, 1.82) is 0 Å². The highest BCUT2D eigenvalue weighted by molar-refractivity contribution is 5.47. The van der Waals surface area contributed by atoms with Crippen molar-refractivity contribution in [3.8, 4) is 0 Å². The Morgan fingerprint density at radius 2 is 2.07 bits per heavy atom. The Morgan fingerprint density at radius 3 is 2.67 bits per heavy atom. The Bertz CT molecular complexity index is 327. The van der Waals surface area contributed by atoms with Gasteiger partial charge in [0.25, 0.3) is 0 Å². The third-order valence-corrected chi connectivity index (χ3v) is 1.68. The largest absolute Gasteiger partial charge is 0.395 e. The number of aryl methyl sites for hydroxylation is 1. The van der Waals surface area contributed by atoms with Crippen molar-refractivity contribution in [3.05, 3.63) is 24.5 Å². The van der Waals surface area contributed by atoms with Gasteiger partial charge in [-0.25, -0.2) is 9.97 Å². The Labute approximate surface area is 89.3 Å². The molecule has 0 aliphatic rings. The van der Waals surface area contributed by atoms with Crippen LogP contribution in [0.15, 0.2) is 18.7 Å². The molecule has 5 heteroatoms. The summed E-state index contributed by atoms with van der Waals surface area (Å²) in [5, 5.41) is 14.7. The lowest BCUT2D eigenvalue weighted by Crippen LogP contribution is -2.09. The predicted molar refractivity (Wildman–Crippen MR) is 61.0 cm³/mol. The fourth-order valence-corrected chi connectivity index (χ4v) is 1.11. The molecule has 0 spiro atoms. The standard InChI is InChI=1S/C10H16N4O/c1-3-4-11-9-7-10(12-5-6-15)14-8(2)13-9/h3,7,15H,1,4-6H2,2H3,(H2,11,12,13,14). The Hall–Kier alpha value is -1.62. The summed E-state index contributed by atoms with van der Waals surface area (Å²) in [5.74, 6) is 2.15.